The van der Waals surface area contributed by atoms with E-state index in [1.165, 1.54) is 43.8 Å². The minimum absolute atomic E-state index is 0.388. The van der Waals surface area contributed by atoms with Gasteiger partial charge in [0.25, 0.3) is 7.12 Å². The molecule has 2 radical (unpaired) electrons. The largest absolute Gasteiger partial charge is 0.580 e. The summed E-state index contributed by atoms with van der Waals surface area (Å²) in [6.45, 7) is 20.0. The number of hydrogen-bond donors (Lipinski definition) is 0. The smallest absolute Gasteiger partial charge is 0.290 e. The first-order chi connectivity index (χ1) is 24.6. The predicted molar refractivity (Wildman–Crippen MR) is 216 cm³/mol. The minimum atomic E-state index is -0.392. The summed E-state index contributed by atoms with van der Waals surface area (Å²) in [5, 5.41) is 5.20. The molecular formula is C44H54B2N2O4. The molecule has 2 heterocycles. The summed E-state index contributed by atoms with van der Waals surface area (Å²) in [4.78, 5) is 4.83. The zero-order chi connectivity index (χ0) is 37.1. The zero-order valence-corrected chi connectivity index (χ0v) is 32.7. The Hall–Kier alpha value is -3.49. The first-order valence-electron chi connectivity index (χ1n) is 18.7. The van der Waals surface area contributed by atoms with Crippen LogP contribution in [-0.4, -0.2) is 67.1 Å². The third-order valence-corrected chi connectivity index (χ3v) is 12.0. The molecular weight excluding hydrogens is 642 g/mol. The van der Waals surface area contributed by atoms with Crippen LogP contribution >= 0.6 is 0 Å². The molecule has 4 aromatic carbocycles. The van der Waals surface area contributed by atoms with E-state index in [0.717, 1.165) is 37.5 Å². The number of rotatable bonds is 10. The van der Waals surface area contributed by atoms with Crippen molar-refractivity contribution in [3.63, 3.8) is 0 Å². The zero-order valence-electron chi connectivity index (χ0n) is 32.7. The van der Waals surface area contributed by atoms with E-state index in [1.807, 2.05) is 0 Å². The summed E-state index contributed by atoms with van der Waals surface area (Å²) < 4.78 is 25.9. The van der Waals surface area contributed by atoms with Crippen LogP contribution in [0.1, 0.15) is 72.1 Å². The lowest BCUT2D eigenvalue weighted by atomic mass is 9.65. The van der Waals surface area contributed by atoms with Gasteiger partial charge in [-0.2, -0.15) is 5.46 Å². The highest BCUT2D eigenvalue weighted by Crippen LogP contribution is 2.42. The lowest BCUT2D eigenvalue weighted by Crippen LogP contribution is -2.41. The van der Waals surface area contributed by atoms with Crippen molar-refractivity contribution in [3.8, 4) is 0 Å². The molecule has 0 atom stereocenters. The van der Waals surface area contributed by atoms with Crippen molar-refractivity contribution in [3.05, 3.63) is 126 Å². The third kappa shape index (κ3) is 6.86. The van der Waals surface area contributed by atoms with Gasteiger partial charge in [-0.1, -0.05) is 78.4 Å². The number of fused-ring (bicyclic) bond motifs is 2. The Bertz CT molecular complexity index is 1930. The van der Waals surface area contributed by atoms with Crippen LogP contribution in [0.2, 0.25) is 0 Å². The first kappa shape index (κ1) is 36.9. The maximum atomic E-state index is 6.48. The SMILES string of the molecule is CN(CC1=C[CH+]C=C[C+]1[B-]1OC(C)(C)C(C)(C)O1)Cc1c2ccccc2c(CN(C)Cc2ccccc2[B-]2OC(C)(C)C(C)(C)O2)c2ccccc12. The van der Waals surface area contributed by atoms with Gasteiger partial charge in [0.2, 0.25) is 0 Å². The fourth-order valence-electron chi connectivity index (χ4n) is 7.64. The lowest BCUT2D eigenvalue weighted by molar-refractivity contribution is 0.00578. The van der Waals surface area contributed by atoms with Crippen LogP contribution in [0.25, 0.3) is 21.5 Å². The van der Waals surface area contributed by atoms with Gasteiger partial charge >= 0.3 is 0 Å². The molecule has 4 aromatic rings. The van der Waals surface area contributed by atoms with Crippen LogP contribution in [0.3, 0.4) is 0 Å². The Morgan fingerprint density at radius 3 is 1.54 bits per heavy atom. The van der Waals surface area contributed by atoms with E-state index in [9.17, 15) is 0 Å². The highest BCUT2D eigenvalue weighted by Gasteiger charge is 2.48. The Balaban J connectivity index is 1.14. The molecule has 52 heavy (non-hydrogen) atoms. The van der Waals surface area contributed by atoms with Crippen LogP contribution < -0.4 is 5.46 Å². The molecule has 0 saturated carbocycles. The second kappa shape index (κ2) is 13.7. The Morgan fingerprint density at radius 2 is 1.02 bits per heavy atom. The number of nitrogens with zero attached hydrogens (tertiary/aromatic N) is 2. The number of allylic oxidation sites excluding steroid dienone is 3. The molecule has 0 aromatic heterocycles. The van der Waals surface area contributed by atoms with Gasteiger partial charge in [-0.25, -0.2) is 0 Å². The second-order valence-electron chi connectivity index (χ2n) is 17.0. The summed E-state index contributed by atoms with van der Waals surface area (Å²) in [6, 6.07) is 26.4. The topological polar surface area (TPSA) is 43.4 Å². The Morgan fingerprint density at radius 1 is 0.577 bits per heavy atom. The van der Waals surface area contributed by atoms with Gasteiger partial charge in [0.1, 0.15) is 30.2 Å². The van der Waals surface area contributed by atoms with E-state index in [0.29, 0.717) is 0 Å². The van der Waals surface area contributed by atoms with Gasteiger partial charge in [-0.3, -0.25) is 9.80 Å². The van der Waals surface area contributed by atoms with Crippen molar-refractivity contribution in [1.82, 2.24) is 9.80 Å². The molecule has 2 aliphatic heterocycles. The summed E-state index contributed by atoms with van der Waals surface area (Å²) >= 11 is 0. The molecule has 7 rings (SSSR count). The molecule has 2 fully saturated rings. The second-order valence-corrected chi connectivity index (χ2v) is 17.0. The van der Waals surface area contributed by atoms with E-state index in [2.05, 4.69) is 177 Å². The fraction of sp³-hybridized carbons (Fsp3) is 0.409. The first-order valence-corrected chi connectivity index (χ1v) is 18.7. The van der Waals surface area contributed by atoms with Crippen LogP contribution in [0.4, 0.5) is 0 Å². The van der Waals surface area contributed by atoms with Crippen molar-refractivity contribution in [1.29, 1.82) is 0 Å². The Kier molecular flexibility index (Phi) is 9.73. The third-order valence-electron chi connectivity index (χ3n) is 12.0. The van der Waals surface area contributed by atoms with Gasteiger partial charge in [0.05, 0.1) is 6.54 Å². The van der Waals surface area contributed by atoms with Crippen molar-refractivity contribution >= 4 is 41.2 Å². The van der Waals surface area contributed by atoms with E-state index < -0.39 is 14.2 Å². The molecule has 0 bridgehead atoms. The molecule has 2 saturated heterocycles. The molecule has 8 heteroatoms. The normalized spacial score (nSPS) is 21.1. The Labute approximate surface area is 312 Å². The van der Waals surface area contributed by atoms with Crippen LogP contribution in [-0.2, 0) is 38.3 Å². The molecule has 0 amide bonds. The van der Waals surface area contributed by atoms with Crippen molar-refractivity contribution in [2.75, 3.05) is 20.6 Å². The van der Waals surface area contributed by atoms with E-state index in [1.54, 1.807) is 0 Å². The predicted octanol–water partition coefficient (Wildman–Crippen LogP) is 8.26. The van der Waals surface area contributed by atoms with Crippen LogP contribution in [0.15, 0.2) is 96.6 Å². The summed E-state index contributed by atoms with van der Waals surface area (Å²) in [6.07, 6.45) is 8.55. The van der Waals surface area contributed by atoms with Gasteiger partial charge in [-0.15, -0.1) is 0 Å². The van der Waals surface area contributed by atoms with E-state index >= 15 is 0 Å². The molecule has 270 valence electrons. The molecule has 3 aliphatic rings. The number of benzene rings is 4. The van der Waals surface area contributed by atoms with Crippen molar-refractivity contribution in [2.45, 2.75) is 97.4 Å². The highest BCUT2D eigenvalue weighted by atomic mass is 16.7. The van der Waals surface area contributed by atoms with Gasteiger partial charge < -0.3 is 18.6 Å². The number of likely N-dealkylation sites (N-methyl/N-ethyl adjacent to an activating group) is 1. The average molecular weight is 697 g/mol. The summed E-state index contributed by atoms with van der Waals surface area (Å²) in [5.41, 5.74) is 4.68. The van der Waals surface area contributed by atoms with Crippen molar-refractivity contribution in [2.24, 2.45) is 0 Å². The van der Waals surface area contributed by atoms with Gasteiger partial charge in [0.15, 0.2) is 7.12 Å². The highest BCUT2D eigenvalue weighted by molar-refractivity contribution is 6.62. The monoisotopic (exact) mass is 696 g/mol. The number of hydrogen-bond acceptors (Lipinski definition) is 6. The van der Waals surface area contributed by atoms with E-state index in [4.69, 9.17) is 18.6 Å². The van der Waals surface area contributed by atoms with Crippen LogP contribution in [0.5, 0.6) is 0 Å². The van der Waals surface area contributed by atoms with Gasteiger partial charge in [-0.05, 0) is 102 Å². The van der Waals surface area contributed by atoms with Crippen LogP contribution in [0, 0.1) is 12.2 Å². The minimum Gasteiger partial charge on any atom is -0.580 e. The fourth-order valence-corrected chi connectivity index (χ4v) is 7.64. The quantitative estimate of drug-likeness (QED) is 0.0946. The molecule has 0 N–H and O–H groups in total. The van der Waals surface area contributed by atoms with E-state index in [-0.39, 0.29) is 22.4 Å². The lowest BCUT2D eigenvalue weighted by Gasteiger charge is -2.37. The van der Waals surface area contributed by atoms with Crippen molar-refractivity contribution < 1.29 is 18.6 Å². The molecule has 1 aliphatic carbocycles. The standard InChI is InChI=1S/C44H54B2N2O4/c1-41(2)42(3,4)50-45(49-41)39-25-17-11-19-31(39)27-47(9)29-37-33-21-13-15-23-35(33)38(36-24-16-14-22-34(36)37)30-48(10)28-32-20-12-18-26-40(32)46-51-43(5,6)44(7,8)52-46/h11-26H,27-30H2,1-10H3. The maximum Gasteiger partial charge on any atom is 0.290 e. The maximum absolute atomic E-state index is 6.48. The molecule has 0 unspecified atom stereocenters. The summed E-state index contributed by atoms with van der Waals surface area (Å²) in [7, 11) is 3.64. The van der Waals surface area contributed by atoms with Gasteiger partial charge in [0, 0.05) is 47.9 Å². The molecule has 0 spiro atoms. The average Bonchev–Trinajstić information content (AvgIpc) is 3.45. The molecule has 6 nitrogen and oxygen atoms in total. The summed E-state index contributed by atoms with van der Waals surface area (Å²) in [5.74, 6) is 1.10.